The van der Waals surface area contributed by atoms with Crippen molar-refractivity contribution in [3.05, 3.63) is 24.3 Å². The smallest absolute Gasteiger partial charge is 0.233 e. The van der Waals surface area contributed by atoms with Gasteiger partial charge in [0.2, 0.25) is 9.05 Å². The van der Waals surface area contributed by atoms with Crippen LogP contribution in [0.1, 0.15) is 32.6 Å². The Kier molecular flexibility index (Phi) is 5.38. The Morgan fingerprint density at radius 2 is 1.71 bits per heavy atom. The fourth-order valence-electron chi connectivity index (χ4n) is 2.90. The molecule has 6 heteroatoms. The van der Waals surface area contributed by atoms with Crippen molar-refractivity contribution in [2.24, 2.45) is 5.41 Å². The normalized spacial score (nSPS) is 17.6. The highest BCUT2D eigenvalue weighted by Gasteiger charge is 2.38. The van der Waals surface area contributed by atoms with E-state index in [0.29, 0.717) is 24.7 Å². The molecule has 1 aromatic carbocycles. The third-order valence-electron chi connectivity index (χ3n) is 3.83. The molecule has 21 heavy (non-hydrogen) atoms. The monoisotopic (exact) mass is 332 g/mol. The van der Waals surface area contributed by atoms with Crippen LogP contribution in [0.15, 0.2) is 24.3 Å². The lowest BCUT2D eigenvalue weighted by molar-refractivity contribution is 0.164. The summed E-state index contributed by atoms with van der Waals surface area (Å²) >= 11 is 0. The molecule has 2 rings (SSSR count). The second-order valence-electron chi connectivity index (χ2n) is 5.56. The Balaban J connectivity index is 2.09. The van der Waals surface area contributed by atoms with E-state index in [1.807, 2.05) is 31.2 Å². The van der Waals surface area contributed by atoms with Crippen molar-refractivity contribution in [2.45, 2.75) is 32.6 Å². The van der Waals surface area contributed by atoms with Gasteiger partial charge >= 0.3 is 0 Å². The molecule has 0 radical (unpaired) electrons. The predicted octanol–water partition coefficient (Wildman–Crippen LogP) is 3.59. The Bertz CT molecular complexity index is 565. The maximum Gasteiger partial charge on any atom is 0.233 e. The number of benzene rings is 1. The van der Waals surface area contributed by atoms with Gasteiger partial charge in [0.15, 0.2) is 11.5 Å². The van der Waals surface area contributed by atoms with Crippen LogP contribution in [0.3, 0.4) is 0 Å². The van der Waals surface area contributed by atoms with Crippen LogP contribution in [0.5, 0.6) is 11.5 Å². The Morgan fingerprint density at radius 3 is 2.24 bits per heavy atom. The lowest BCUT2D eigenvalue weighted by Gasteiger charge is -2.27. The minimum Gasteiger partial charge on any atom is -0.490 e. The Labute approximate surface area is 130 Å². The first-order valence-corrected chi connectivity index (χ1v) is 9.69. The summed E-state index contributed by atoms with van der Waals surface area (Å²) in [6, 6.07) is 7.44. The zero-order valence-electron chi connectivity index (χ0n) is 12.2. The Morgan fingerprint density at radius 1 is 1.14 bits per heavy atom. The van der Waals surface area contributed by atoms with Gasteiger partial charge < -0.3 is 9.47 Å². The topological polar surface area (TPSA) is 52.6 Å². The van der Waals surface area contributed by atoms with E-state index < -0.39 is 9.05 Å². The molecule has 1 aliphatic carbocycles. The van der Waals surface area contributed by atoms with Crippen molar-refractivity contribution in [1.29, 1.82) is 0 Å². The maximum atomic E-state index is 11.5. The van der Waals surface area contributed by atoms with E-state index in [9.17, 15) is 8.42 Å². The number of hydrogen-bond donors (Lipinski definition) is 0. The van der Waals surface area contributed by atoms with Gasteiger partial charge in [-0.05, 0) is 31.9 Å². The van der Waals surface area contributed by atoms with Gasteiger partial charge in [-0.3, -0.25) is 0 Å². The van der Waals surface area contributed by atoms with Crippen LogP contribution in [-0.4, -0.2) is 27.4 Å². The second kappa shape index (κ2) is 6.88. The molecule has 118 valence electrons. The molecule has 0 aliphatic heterocycles. The number of hydrogen-bond acceptors (Lipinski definition) is 4. The van der Waals surface area contributed by atoms with Crippen molar-refractivity contribution in [3.8, 4) is 11.5 Å². The van der Waals surface area contributed by atoms with Gasteiger partial charge in [0.1, 0.15) is 0 Å². The number of halogens is 1. The van der Waals surface area contributed by atoms with Crippen molar-refractivity contribution in [3.63, 3.8) is 0 Å². The summed E-state index contributed by atoms with van der Waals surface area (Å²) in [6.45, 7) is 2.82. The molecule has 0 spiro atoms. The van der Waals surface area contributed by atoms with E-state index in [1.54, 1.807) is 0 Å². The highest BCUT2D eigenvalue weighted by molar-refractivity contribution is 8.13. The number of para-hydroxylation sites is 2. The lowest BCUT2D eigenvalue weighted by atomic mass is 9.90. The van der Waals surface area contributed by atoms with Crippen molar-refractivity contribution < 1.29 is 17.9 Å². The molecule has 0 unspecified atom stereocenters. The SMILES string of the molecule is CCOc1ccccc1OCC1(CS(=O)(=O)Cl)CCCC1. The first-order chi connectivity index (χ1) is 9.94. The third kappa shape index (κ3) is 4.78. The van der Waals surface area contributed by atoms with Crippen molar-refractivity contribution >= 4 is 19.7 Å². The molecule has 0 saturated heterocycles. The zero-order chi connectivity index (χ0) is 15.3. The molecular formula is C15H21ClO4S. The summed E-state index contributed by atoms with van der Waals surface area (Å²) in [5.74, 6) is 1.30. The quantitative estimate of drug-likeness (QED) is 0.716. The molecule has 0 N–H and O–H groups in total. The van der Waals surface area contributed by atoms with Crippen LogP contribution in [0.4, 0.5) is 0 Å². The fraction of sp³-hybridized carbons (Fsp3) is 0.600. The minimum atomic E-state index is -3.53. The zero-order valence-corrected chi connectivity index (χ0v) is 13.8. The van der Waals surface area contributed by atoms with Crippen LogP contribution in [-0.2, 0) is 9.05 Å². The van der Waals surface area contributed by atoms with E-state index in [2.05, 4.69) is 0 Å². The van der Waals surface area contributed by atoms with Crippen molar-refractivity contribution in [2.75, 3.05) is 19.0 Å². The standard InChI is InChI=1S/C15H21ClO4S/c1-2-19-13-7-3-4-8-14(13)20-11-15(9-5-6-10-15)12-21(16,17)18/h3-4,7-8H,2,5-6,9-12H2,1H3. The van der Waals surface area contributed by atoms with Crippen LogP contribution in [0.25, 0.3) is 0 Å². The van der Waals surface area contributed by atoms with E-state index >= 15 is 0 Å². The van der Waals surface area contributed by atoms with Gasteiger partial charge in [0.05, 0.1) is 19.0 Å². The van der Waals surface area contributed by atoms with Crippen LogP contribution < -0.4 is 9.47 Å². The maximum absolute atomic E-state index is 11.5. The van der Waals surface area contributed by atoms with Gasteiger partial charge in [-0.25, -0.2) is 8.42 Å². The van der Waals surface area contributed by atoms with E-state index in [0.717, 1.165) is 25.7 Å². The number of ether oxygens (including phenoxy) is 2. The van der Waals surface area contributed by atoms with E-state index in [-0.39, 0.29) is 11.2 Å². The molecule has 0 aromatic heterocycles. The first-order valence-electron chi connectivity index (χ1n) is 7.21. The van der Waals surface area contributed by atoms with Crippen LogP contribution >= 0.6 is 10.7 Å². The minimum absolute atomic E-state index is 0.0294. The largest absolute Gasteiger partial charge is 0.490 e. The summed E-state index contributed by atoms with van der Waals surface area (Å²) in [5.41, 5.74) is -0.375. The first kappa shape index (κ1) is 16.4. The molecular weight excluding hydrogens is 312 g/mol. The van der Waals surface area contributed by atoms with Gasteiger partial charge in [-0.2, -0.15) is 0 Å². The van der Waals surface area contributed by atoms with Gasteiger partial charge in [0, 0.05) is 16.1 Å². The molecule has 4 nitrogen and oxygen atoms in total. The molecule has 0 heterocycles. The summed E-state index contributed by atoms with van der Waals surface area (Å²) in [4.78, 5) is 0. The summed E-state index contributed by atoms with van der Waals surface area (Å²) in [5, 5.41) is 0. The average molecular weight is 333 g/mol. The number of rotatable bonds is 7. The fourth-order valence-corrected chi connectivity index (χ4v) is 4.69. The van der Waals surface area contributed by atoms with E-state index in [4.69, 9.17) is 20.2 Å². The molecule has 0 bridgehead atoms. The predicted molar refractivity (Wildman–Crippen MR) is 83.6 cm³/mol. The van der Waals surface area contributed by atoms with Crippen LogP contribution in [0, 0.1) is 5.41 Å². The van der Waals surface area contributed by atoms with Crippen molar-refractivity contribution in [1.82, 2.24) is 0 Å². The second-order valence-corrected chi connectivity index (χ2v) is 8.34. The molecule has 1 aliphatic rings. The summed E-state index contributed by atoms with van der Waals surface area (Å²) < 4.78 is 34.3. The molecule has 0 atom stereocenters. The molecule has 1 fully saturated rings. The molecule has 0 amide bonds. The molecule has 1 saturated carbocycles. The highest BCUT2D eigenvalue weighted by atomic mass is 35.7. The highest BCUT2D eigenvalue weighted by Crippen LogP contribution is 2.41. The average Bonchev–Trinajstić information content (AvgIpc) is 2.85. The van der Waals surface area contributed by atoms with Gasteiger partial charge in [-0.15, -0.1) is 0 Å². The van der Waals surface area contributed by atoms with Crippen LogP contribution in [0.2, 0.25) is 0 Å². The van der Waals surface area contributed by atoms with Gasteiger partial charge in [-0.1, -0.05) is 25.0 Å². The van der Waals surface area contributed by atoms with E-state index in [1.165, 1.54) is 0 Å². The molecule has 1 aromatic rings. The Hall–Kier alpha value is -0.940. The third-order valence-corrected chi connectivity index (χ3v) is 5.11. The summed E-state index contributed by atoms with van der Waals surface area (Å²) in [6.07, 6.45) is 3.69. The lowest BCUT2D eigenvalue weighted by Crippen LogP contribution is -2.32. The summed E-state index contributed by atoms with van der Waals surface area (Å²) in [7, 11) is 1.93. The van der Waals surface area contributed by atoms with Gasteiger partial charge in [0.25, 0.3) is 0 Å².